The molecule has 0 unspecified atom stereocenters. The van der Waals surface area contributed by atoms with Crippen molar-refractivity contribution in [3.63, 3.8) is 0 Å². The Labute approximate surface area is 174 Å². The van der Waals surface area contributed by atoms with Crippen LogP contribution in [0.4, 0.5) is 0 Å². The van der Waals surface area contributed by atoms with Crippen LogP contribution < -0.4 is 5.56 Å². The van der Waals surface area contributed by atoms with E-state index in [0.717, 1.165) is 56.0 Å². The van der Waals surface area contributed by atoms with Gasteiger partial charge in [0.15, 0.2) is 0 Å². The van der Waals surface area contributed by atoms with Gasteiger partial charge in [0.05, 0.1) is 5.39 Å². The average Bonchev–Trinajstić information content (AvgIpc) is 3.30. The molecule has 1 aliphatic heterocycles. The molecule has 2 aromatic heterocycles. The smallest absolute Gasteiger partial charge is 0.263 e. The zero-order chi connectivity index (χ0) is 20.0. The molecule has 0 amide bonds. The van der Waals surface area contributed by atoms with Crippen molar-refractivity contribution in [2.24, 2.45) is 0 Å². The van der Waals surface area contributed by atoms with Crippen LogP contribution in [-0.4, -0.2) is 9.55 Å². The number of rotatable bonds is 3. The predicted octanol–water partition coefficient (Wildman–Crippen LogP) is 5.94. The molecule has 0 N–H and O–H groups in total. The Bertz CT molecular complexity index is 1290. The van der Waals surface area contributed by atoms with Gasteiger partial charge in [-0.15, -0.1) is 11.3 Å². The van der Waals surface area contributed by atoms with Gasteiger partial charge in [-0.3, -0.25) is 9.36 Å². The molecule has 0 fully saturated rings. The minimum Gasteiger partial charge on any atom is -0.292 e. The summed E-state index contributed by atoms with van der Waals surface area (Å²) in [6.07, 6.45) is 4.06. The van der Waals surface area contributed by atoms with E-state index in [4.69, 9.17) is 4.98 Å². The van der Waals surface area contributed by atoms with Crippen LogP contribution in [0.3, 0.4) is 0 Å². The third kappa shape index (κ3) is 3.04. The Morgan fingerprint density at radius 2 is 1.86 bits per heavy atom. The minimum atomic E-state index is 0.0814. The summed E-state index contributed by atoms with van der Waals surface area (Å²) in [6.45, 7) is 4.93. The van der Waals surface area contributed by atoms with Crippen molar-refractivity contribution >= 4 is 33.2 Å². The monoisotopic (exact) mass is 398 g/mol. The summed E-state index contributed by atoms with van der Waals surface area (Å²) >= 11 is 1.62. The highest BCUT2D eigenvalue weighted by Gasteiger charge is 2.24. The highest BCUT2D eigenvalue weighted by molar-refractivity contribution is 7.19. The predicted molar refractivity (Wildman–Crippen MR) is 122 cm³/mol. The average molecular weight is 399 g/mol. The normalized spacial score (nSPS) is 14.6. The quantitative estimate of drug-likeness (QED) is 0.428. The molecule has 0 radical (unpaired) electrons. The van der Waals surface area contributed by atoms with Crippen LogP contribution in [0.2, 0.25) is 0 Å². The topological polar surface area (TPSA) is 34.9 Å². The molecule has 3 heterocycles. The van der Waals surface area contributed by atoms with E-state index in [1.807, 2.05) is 22.8 Å². The van der Waals surface area contributed by atoms with E-state index in [1.54, 1.807) is 11.3 Å². The van der Waals surface area contributed by atoms with Gasteiger partial charge in [0.25, 0.3) is 5.56 Å². The standard InChI is InChI=1S/C25H22N2OS/c1-3-17-9-11-18(12-10-17)15-20-13-14-27-23(20)26-24-22(25(27)28)21(16(2)29-24)19-7-5-4-6-8-19/h4-12,15H,3,13-14H2,1-2H3/b20-15+. The molecule has 4 heteroatoms. The van der Waals surface area contributed by atoms with Gasteiger partial charge in [0.2, 0.25) is 0 Å². The van der Waals surface area contributed by atoms with E-state index in [9.17, 15) is 4.79 Å². The van der Waals surface area contributed by atoms with Crippen molar-refractivity contribution in [2.75, 3.05) is 0 Å². The zero-order valence-electron chi connectivity index (χ0n) is 16.6. The van der Waals surface area contributed by atoms with Crippen molar-refractivity contribution in [2.45, 2.75) is 33.2 Å². The number of fused-ring (bicyclic) bond motifs is 2. The fraction of sp³-hybridized carbons (Fsp3) is 0.200. The summed E-state index contributed by atoms with van der Waals surface area (Å²) < 4.78 is 1.85. The third-order valence-electron chi connectivity index (χ3n) is 5.67. The Morgan fingerprint density at radius 1 is 1.10 bits per heavy atom. The molecule has 144 valence electrons. The SMILES string of the molecule is CCc1ccc(/C=C2\CCn3c2nc2sc(C)c(-c4ccccc4)c2c3=O)cc1. The Kier molecular flexibility index (Phi) is 4.44. The Morgan fingerprint density at radius 3 is 2.59 bits per heavy atom. The van der Waals surface area contributed by atoms with Crippen molar-refractivity contribution in [1.82, 2.24) is 9.55 Å². The fourth-order valence-electron chi connectivity index (χ4n) is 4.13. The van der Waals surface area contributed by atoms with Crippen molar-refractivity contribution < 1.29 is 0 Å². The molecule has 1 aliphatic rings. The van der Waals surface area contributed by atoms with E-state index in [2.05, 4.69) is 56.3 Å². The first kappa shape index (κ1) is 18.1. The molecular weight excluding hydrogens is 376 g/mol. The maximum atomic E-state index is 13.4. The van der Waals surface area contributed by atoms with E-state index >= 15 is 0 Å². The minimum absolute atomic E-state index is 0.0814. The van der Waals surface area contributed by atoms with E-state index < -0.39 is 0 Å². The molecule has 0 saturated heterocycles. The molecule has 5 rings (SSSR count). The molecule has 0 bridgehead atoms. The van der Waals surface area contributed by atoms with Crippen LogP contribution in [0.15, 0.2) is 59.4 Å². The van der Waals surface area contributed by atoms with Gasteiger partial charge >= 0.3 is 0 Å². The maximum Gasteiger partial charge on any atom is 0.263 e. The summed E-state index contributed by atoms with van der Waals surface area (Å²) in [4.78, 5) is 20.3. The van der Waals surface area contributed by atoms with Crippen LogP contribution in [0, 0.1) is 6.92 Å². The summed E-state index contributed by atoms with van der Waals surface area (Å²) in [6, 6.07) is 18.8. The largest absolute Gasteiger partial charge is 0.292 e. The summed E-state index contributed by atoms with van der Waals surface area (Å²) in [5.41, 5.74) is 5.83. The van der Waals surface area contributed by atoms with Gasteiger partial charge in [-0.05, 0) is 48.1 Å². The second-order valence-electron chi connectivity index (χ2n) is 7.49. The lowest BCUT2D eigenvalue weighted by Crippen LogP contribution is -2.20. The molecule has 3 nitrogen and oxygen atoms in total. The summed E-state index contributed by atoms with van der Waals surface area (Å²) in [5, 5.41) is 0.760. The number of benzene rings is 2. The van der Waals surface area contributed by atoms with E-state index in [1.165, 1.54) is 5.56 Å². The van der Waals surface area contributed by atoms with Gasteiger partial charge in [-0.1, -0.05) is 61.5 Å². The summed E-state index contributed by atoms with van der Waals surface area (Å²) in [7, 11) is 0. The Hall–Kier alpha value is -2.98. The van der Waals surface area contributed by atoms with Crippen LogP contribution in [0.5, 0.6) is 0 Å². The number of allylic oxidation sites excluding steroid dienone is 1. The number of thiophene rings is 1. The maximum absolute atomic E-state index is 13.4. The molecular formula is C25H22N2OS. The molecule has 0 spiro atoms. The Balaban J connectivity index is 1.66. The van der Waals surface area contributed by atoms with Crippen LogP contribution in [0.1, 0.15) is 35.2 Å². The van der Waals surface area contributed by atoms with Crippen molar-refractivity contribution in [3.8, 4) is 11.1 Å². The third-order valence-corrected chi connectivity index (χ3v) is 6.67. The fourth-order valence-corrected chi connectivity index (χ4v) is 5.17. The first-order chi connectivity index (χ1) is 14.2. The number of aryl methyl sites for hydroxylation is 2. The number of hydrogen-bond acceptors (Lipinski definition) is 3. The van der Waals surface area contributed by atoms with Gasteiger partial charge in [0, 0.05) is 17.0 Å². The van der Waals surface area contributed by atoms with Crippen molar-refractivity contribution in [1.29, 1.82) is 0 Å². The lowest BCUT2D eigenvalue weighted by molar-refractivity contribution is 0.726. The second kappa shape index (κ2) is 7.12. The molecule has 2 aromatic carbocycles. The number of aromatic nitrogens is 2. The molecule has 29 heavy (non-hydrogen) atoms. The number of nitrogens with zero attached hydrogens (tertiary/aromatic N) is 2. The first-order valence-corrected chi connectivity index (χ1v) is 10.9. The lowest BCUT2D eigenvalue weighted by atomic mass is 10.0. The first-order valence-electron chi connectivity index (χ1n) is 10.0. The van der Waals surface area contributed by atoms with Crippen LogP contribution in [0.25, 0.3) is 33.0 Å². The van der Waals surface area contributed by atoms with Gasteiger partial charge in [-0.2, -0.15) is 0 Å². The highest BCUT2D eigenvalue weighted by atomic mass is 32.1. The van der Waals surface area contributed by atoms with Gasteiger partial charge < -0.3 is 0 Å². The van der Waals surface area contributed by atoms with E-state index in [0.29, 0.717) is 6.54 Å². The number of hydrogen-bond donors (Lipinski definition) is 0. The van der Waals surface area contributed by atoms with Crippen LogP contribution >= 0.6 is 11.3 Å². The van der Waals surface area contributed by atoms with Gasteiger partial charge in [-0.25, -0.2) is 4.98 Å². The van der Waals surface area contributed by atoms with Crippen LogP contribution in [-0.2, 0) is 13.0 Å². The second-order valence-corrected chi connectivity index (χ2v) is 8.69. The molecule has 4 aromatic rings. The van der Waals surface area contributed by atoms with Crippen molar-refractivity contribution in [3.05, 3.63) is 86.8 Å². The lowest BCUT2D eigenvalue weighted by Gasteiger charge is -2.05. The zero-order valence-corrected chi connectivity index (χ0v) is 17.4. The van der Waals surface area contributed by atoms with Gasteiger partial charge in [0.1, 0.15) is 10.7 Å². The highest BCUT2D eigenvalue weighted by Crippen LogP contribution is 2.37. The summed E-state index contributed by atoms with van der Waals surface area (Å²) in [5.74, 6) is 0.822. The molecule has 0 aliphatic carbocycles. The van der Waals surface area contributed by atoms with E-state index in [-0.39, 0.29) is 5.56 Å². The molecule has 0 saturated carbocycles. The molecule has 0 atom stereocenters.